The number of nitriles is 1. The van der Waals surface area contributed by atoms with E-state index in [1.165, 1.54) is 4.90 Å². The van der Waals surface area contributed by atoms with E-state index < -0.39 is 5.41 Å². The van der Waals surface area contributed by atoms with Crippen LogP contribution in [0.5, 0.6) is 0 Å². The van der Waals surface area contributed by atoms with Gasteiger partial charge in [0, 0.05) is 12.6 Å². The number of carbonyl (C=O) groups excluding carboxylic acids is 2. The van der Waals surface area contributed by atoms with Gasteiger partial charge in [-0.15, -0.1) is 0 Å². The normalized spacial score (nSPS) is 10.9. The van der Waals surface area contributed by atoms with Gasteiger partial charge in [0.25, 0.3) is 0 Å². The molecule has 5 heteroatoms. The molecule has 0 bridgehead atoms. The molecule has 0 unspecified atom stereocenters. The molecule has 0 saturated carbocycles. The van der Waals surface area contributed by atoms with Crippen LogP contribution in [-0.4, -0.2) is 35.8 Å². The largest absolute Gasteiger partial charge is 0.352 e. The van der Waals surface area contributed by atoms with Crippen molar-refractivity contribution in [2.45, 2.75) is 40.7 Å². The highest BCUT2D eigenvalue weighted by Gasteiger charge is 2.32. The third-order valence-corrected chi connectivity index (χ3v) is 2.27. The fourth-order valence-corrected chi connectivity index (χ4v) is 1.31. The molecule has 17 heavy (non-hydrogen) atoms. The third-order valence-electron chi connectivity index (χ3n) is 2.27. The summed E-state index contributed by atoms with van der Waals surface area (Å²) in [4.78, 5) is 24.9. The Hall–Kier alpha value is -1.57. The maximum atomic E-state index is 12.0. The molecule has 0 aliphatic rings. The number of likely N-dealkylation sites (N-methyl/N-ethyl adjacent to an activating group) is 1. The summed E-state index contributed by atoms with van der Waals surface area (Å²) in [5.41, 5.74) is -1.09. The number of carbonyl (C=O) groups is 2. The first-order valence-corrected chi connectivity index (χ1v) is 5.74. The predicted molar refractivity (Wildman–Crippen MR) is 64.9 cm³/mol. The topological polar surface area (TPSA) is 73.2 Å². The molecule has 0 spiro atoms. The van der Waals surface area contributed by atoms with Crippen LogP contribution in [0, 0.1) is 16.7 Å². The Labute approximate surface area is 103 Å². The molecule has 0 saturated heterocycles. The summed E-state index contributed by atoms with van der Waals surface area (Å²) in [5, 5.41) is 11.6. The average molecular weight is 239 g/mol. The van der Waals surface area contributed by atoms with Crippen LogP contribution in [0.2, 0.25) is 0 Å². The summed E-state index contributed by atoms with van der Waals surface area (Å²) in [6.07, 6.45) is 0. The van der Waals surface area contributed by atoms with Gasteiger partial charge >= 0.3 is 0 Å². The van der Waals surface area contributed by atoms with Crippen molar-refractivity contribution in [2.24, 2.45) is 5.41 Å². The number of rotatable bonds is 5. The van der Waals surface area contributed by atoms with E-state index in [1.807, 2.05) is 19.9 Å². The molecule has 5 nitrogen and oxygen atoms in total. The molecule has 0 heterocycles. The van der Waals surface area contributed by atoms with Crippen LogP contribution in [0.3, 0.4) is 0 Å². The number of nitrogens with zero attached hydrogens (tertiary/aromatic N) is 2. The number of nitrogens with one attached hydrogen (secondary N) is 1. The first-order chi connectivity index (χ1) is 7.74. The van der Waals surface area contributed by atoms with E-state index in [0.717, 1.165) is 0 Å². The Bertz CT molecular complexity index is 329. The lowest BCUT2D eigenvalue weighted by molar-refractivity contribution is -0.141. The quantitative estimate of drug-likeness (QED) is 0.775. The van der Waals surface area contributed by atoms with Gasteiger partial charge in [0.05, 0.1) is 12.6 Å². The highest BCUT2D eigenvalue weighted by molar-refractivity contribution is 5.89. The maximum absolute atomic E-state index is 12.0. The van der Waals surface area contributed by atoms with Crippen LogP contribution >= 0.6 is 0 Å². The van der Waals surface area contributed by atoms with Crippen LogP contribution in [0.15, 0.2) is 0 Å². The van der Waals surface area contributed by atoms with E-state index >= 15 is 0 Å². The molecule has 96 valence electrons. The van der Waals surface area contributed by atoms with Crippen LogP contribution < -0.4 is 5.32 Å². The average Bonchev–Trinajstić information content (AvgIpc) is 2.23. The van der Waals surface area contributed by atoms with Crippen molar-refractivity contribution < 1.29 is 9.59 Å². The summed E-state index contributed by atoms with van der Waals surface area (Å²) in [6, 6.07) is 1.99. The van der Waals surface area contributed by atoms with E-state index in [1.54, 1.807) is 20.8 Å². The smallest absolute Gasteiger partial charge is 0.242 e. The van der Waals surface area contributed by atoms with Crippen molar-refractivity contribution in [1.82, 2.24) is 10.2 Å². The Morgan fingerprint density at radius 3 is 2.29 bits per heavy atom. The second kappa shape index (κ2) is 6.24. The molecule has 0 aromatic carbocycles. The van der Waals surface area contributed by atoms with Crippen LogP contribution in [-0.2, 0) is 9.59 Å². The zero-order valence-corrected chi connectivity index (χ0v) is 11.2. The van der Waals surface area contributed by atoms with Crippen molar-refractivity contribution in [3.05, 3.63) is 0 Å². The monoisotopic (exact) mass is 239 g/mol. The van der Waals surface area contributed by atoms with Gasteiger partial charge in [0.15, 0.2) is 0 Å². The fourth-order valence-electron chi connectivity index (χ4n) is 1.31. The van der Waals surface area contributed by atoms with Crippen LogP contribution in [0.4, 0.5) is 0 Å². The molecular weight excluding hydrogens is 218 g/mol. The fraction of sp³-hybridized carbons (Fsp3) is 0.750. The summed E-state index contributed by atoms with van der Waals surface area (Å²) in [5.74, 6) is -0.523. The van der Waals surface area contributed by atoms with Gasteiger partial charge in [-0.3, -0.25) is 9.59 Å². The molecule has 0 aliphatic heterocycles. The van der Waals surface area contributed by atoms with Gasteiger partial charge in [-0.1, -0.05) is 0 Å². The van der Waals surface area contributed by atoms with Gasteiger partial charge in [0.1, 0.15) is 5.41 Å². The van der Waals surface area contributed by atoms with E-state index in [9.17, 15) is 9.59 Å². The Balaban J connectivity index is 4.61. The van der Waals surface area contributed by atoms with Crippen molar-refractivity contribution in [2.75, 3.05) is 13.1 Å². The molecule has 0 aliphatic carbocycles. The number of hydrogen-bond acceptors (Lipinski definition) is 3. The van der Waals surface area contributed by atoms with Gasteiger partial charge in [-0.25, -0.2) is 0 Å². The highest BCUT2D eigenvalue weighted by atomic mass is 16.2. The van der Waals surface area contributed by atoms with Crippen molar-refractivity contribution in [3.8, 4) is 6.07 Å². The first-order valence-electron chi connectivity index (χ1n) is 5.74. The lowest BCUT2D eigenvalue weighted by Crippen LogP contribution is -2.46. The van der Waals surface area contributed by atoms with E-state index in [2.05, 4.69) is 5.32 Å². The lowest BCUT2D eigenvalue weighted by atomic mass is 9.94. The molecule has 0 rings (SSSR count). The number of hydrogen-bond donors (Lipinski definition) is 1. The lowest BCUT2D eigenvalue weighted by Gasteiger charge is -2.26. The summed E-state index contributed by atoms with van der Waals surface area (Å²) < 4.78 is 0. The Morgan fingerprint density at radius 1 is 1.41 bits per heavy atom. The zero-order valence-electron chi connectivity index (χ0n) is 11.2. The molecule has 0 aromatic rings. The Kier molecular flexibility index (Phi) is 5.66. The number of amides is 2. The van der Waals surface area contributed by atoms with Gasteiger partial charge in [-0.2, -0.15) is 5.26 Å². The molecule has 0 aromatic heterocycles. The highest BCUT2D eigenvalue weighted by Crippen LogP contribution is 2.17. The Morgan fingerprint density at radius 2 is 1.94 bits per heavy atom. The molecule has 0 radical (unpaired) electrons. The zero-order chi connectivity index (χ0) is 13.6. The molecule has 1 N–H and O–H groups in total. The van der Waals surface area contributed by atoms with Crippen molar-refractivity contribution in [1.29, 1.82) is 5.26 Å². The van der Waals surface area contributed by atoms with Gasteiger partial charge in [0.2, 0.25) is 11.8 Å². The van der Waals surface area contributed by atoms with Gasteiger partial charge < -0.3 is 10.2 Å². The van der Waals surface area contributed by atoms with Gasteiger partial charge in [-0.05, 0) is 34.6 Å². The second-order valence-corrected chi connectivity index (χ2v) is 4.78. The van der Waals surface area contributed by atoms with E-state index in [0.29, 0.717) is 6.54 Å². The van der Waals surface area contributed by atoms with E-state index in [-0.39, 0.29) is 24.4 Å². The van der Waals surface area contributed by atoms with Crippen molar-refractivity contribution >= 4 is 11.8 Å². The molecular formula is C12H21N3O2. The minimum absolute atomic E-state index is 0.00137. The molecule has 2 amide bonds. The SMILES string of the molecule is CCN(CC(=O)NC(C)C)C(=O)C(C)(C)C#N. The second-order valence-electron chi connectivity index (χ2n) is 4.78. The molecule has 0 atom stereocenters. The third kappa shape index (κ3) is 4.85. The maximum Gasteiger partial charge on any atom is 0.242 e. The first kappa shape index (κ1) is 15.4. The summed E-state index contributed by atoms with van der Waals surface area (Å²) in [7, 11) is 0. The minimum atomic E-state index is -1.09. The van der Waals surface area contributed by atoms with Crippen molar-refractivity contribution in [3.63, 3.8) is 0 Å². The minimum Gasteiger partial charge on any atom is -0.352 e. The summed E-state index contributed by atoms with van der Waals surface area (Å²) in [6.45, 7) is 9.02. The van der Waals surface area contributed by atoms with E-state index in [4.69, 9.17) is 5.26 Å². The van der Waals surface area contributed by atoms with Crippen LogP contribution in [0.1, 0.15) is 34.6 Å². The predicted octanol–water partition coefficient (Wildman–Crippen LogP) is 0.909. The van der Waals surface area contributed by atoms with Crippen LogP contribution in [0.25, 0.3) is 0 Å². The standard InChI is InChI=1S/C12H21N3O2/c1-6-15(7-10(16)14-9(2)3)11(17)12(4,5)8-13/h9H,6-7H2,1-5H3,(H,14,16). The summed E-state index contributed by atoms with van der Waals surface area (Å²) >= 11 is 0. The molecule has 0 fully saturated rings.